The maximum atomic E-state index is 12.0. The van der Waals surface area contributed by atoms with Gasteiger partial charge in [0.1, 0.15) is 5.60 Å². The molecule has 0 aromatic rings. The predicted molar refractivity (Wildman–Crippen MR) is 71.1 cm³/mol. The Bertz CT molecular complexity index is 285. The second-order valence-corrected chi connectivity index (χ2v) is 7.31. The van der Waals surface area contributed by atoms with Gasteiger partial charge in [-0.25, -0.2) is 0 Å². The molecule has 3 nitrogen and oxygen atoms in total. The lowest BCUT2D eigenvalue weighted by atomic mass is 9.82. The first-order chi connectivity index (χ1) is 7.67. The van der Waals surface area contributed by atoms with Gasteiger partial charge in [-0.05, 0) is 46.3 Å². The Morgan fingerprint density at radius 3 is 2.59 bits per heavy atom. The Balaban J connectivity index is 2.73. The van der Waals surface area contributed by atoms with Crippen LogP contribution < -0.4 is 0 Å². The minimum atomic E-state index is -0.925. The average molecular weight is 260 g/mol. The van der Waals surface area contributed by atoms with Crippen LogP contribution in [0, 0.1) is 5.92 Å². The number of hydrogen-bond donors (Lipinski definition) is 1. The van der Waals surface area contributed by atoms with Crippen molar-refractivity contribution in [3.05, 3.63) is 0 Å². The lowest BCUT2D eigenvalue weighted by Gasteiger charge is -2.41. The summed E-state index contributed by atoms with van der Waals surface area (Å²) in [5, 5.41) is 10.7. The Kier molecular flexibility index (Phi) is 4.53. The van der Waals surface area contributed by atoms with Gasteiger partial charge in [-0.15, -0.1) is 0 Å². The summed E-state index contributed by atoms with van der Waals surface area (Å²) in [6.07, 6.45) is 1.64. The SMILES string of the molecule is CC1SCCCC1(O)C(C)C(=O)OC(C)(C)C. The Labute approximate surface area is 108 Å². The van der Waals surface area contributed by atoms with E-state index in [9.17, 15) is 9.90 Å². The van der Waals surface area contributed by atoms with Crippen LogP contribution in [-0.2, 0) is 9.53 Å². The molecule has 100 valence electrons. The highest BCUT2D eigenvalue weighted by Gasteiger charge is 2.46. The topological polar surface area (TPSA) is 46.5 Å². The number of carbonyl (C=O) groups excluding carboxylic acids is 1. The number of aliphatic hydroxyl groups is 1. The van der Waals surface area contributed by atoms with Gasteiger partial charge in [0.25, 0.3) is 0 Å². The first-order valence-electron chi connectivity index (χ1n) is 6.23. The average Bonchev–Trinajstić information content (AvgIpc) is 2.19. The molecule has 1 aliphatic heterocycles. The van der Waals surface area contributed by atoms with E-state index in [0.29, 0.717) is 6.42 Å². The number of carbonyl (C=O) groups is 1. The van der Waals surface area contributed by atoms with Gasteiger partial charge in [0.15, 0.2) is 0 Å². The molecule has 1 N–H and O–H groups in total. The zero-order valence-electron chi connectivity index (χ0n) is 11.4. The lowest BCUT2D eigenvalue weighted by Crippen LogP contribution is -2.51. The van der Waals surface area contributed by atoms with Gasteiger partial charge in [0.05, 0.1) is 11.5 Å². The fourth-order valence-electron chi connectivity index (χ4n) is 2.13. The van der Waals surface area contributed by atoms with Gasteiger partial charge in [-0.2, -0.15) is 11.8 Å². The molecule has 1 saturated heterocycles. The third-order valence-electron chi connectivity index (χ3n) is 3.30. The molecule has 1 heterocycles. The van der Waals surface area contributed by atoms with Crippen LogP contribution in [-0.4, -0.2) is 33.3 Å². The molecule has 3 unspecified atom stereocenters. The molecule has 0 saturated carbocycles. The van der Waals surface area contributed by atoms with Gasteiger partial charge < -0.3 is 9.84 Å². The van der Waals surface area contributed by atoms with E-state index in [1.165, 1.54) is 0 Å². The molecule has 0 bridgehead atoms. The second-order valence-electron chi connectivity index (χ2n) is 5.86. The highest BCUT2D eigenvalue weighted by atomic mass is 32.2. The highest BCUT2D eigenvalue weighted by molar-refractivity contribution is 8.00. The molecule has 0 spiro atoms. The second kappa shape index (κ2) is 5.19. The standard InChI is InChI=1S/C13H24O3S/c1-9(11(14)16-12(3,4)5)13(15)7-6-8-17-10(13)2/h9-10,15H,6-8H2,1-5H3. The van der Waals surface area contributed by atoms with Crippen molar-refractivity contribution in [2.45, 2.75) is 63.9 Å². The van der Waals surface area contributed by atoms with E-state index < -0.39 is 17.1 Å². The highest BCUT2D eigenvalue weighted by Crippen LogP contribution is 2.39. The van der Waals surface area contributed by atoms with Crippen LogP contribution >= 0.6 is 11.8 Å². The molecule has 0 amide bonds. The van der Waals surface area contributed by atoms with Crippen molar-refractivity contribution in [2.24, 2.45) is 5.92 Å². The molecule has 1 fully saturated rings. The molecule has 0 aromatic heterocycles. The monoisotopic (exact) mass is 260 g/mol. The number of esters is 1. The van der Waals surface area contributed by atoms with E-state index in [-0.39, 0.29) is 11.2 Å². The zero-order chi connectivity index (χ0) is 13.3. The van der Waals surface area contributed by atoms with Crippen LogP contribution in [0.1, 0.15) is 47.5 Å². The Morgan fingerprint density at radius 2 is 2.12 bits per heavy atom. The summed E-state index contributed by atoms with van der Waals surface area (Å²) < 4.78 is 5.36. The van der Waals surface area contributed by atoms with Crippen molar-refractivity contribution >= 4 is 17.7 Å². The quantitative estimate of drug-likeness (QED) is 0.775. The van der Waals surface area contributed by atoms with E-state index >= 15 is 0 Å². The van der Waals surface area contributed by atoms with Gasteiger partial charge in [-0.1, -0.05) is 6.92 Å². The van der Waals surface area contributed by atoms with Crippen LogP contribution in [0.4, 0.5) is 0 Å². The zero-order valence-corrected chi connectivity index (χ0v) is 12.3. The molecule has 17 heavy (non-hydrogen) atoms. The molecule has 0 aliphatic carbocycles. The van der Waals surface area contributed by atoms with Crippen LogP contribution in [0.15, 0.2) is 0 Å². The van der Waals surface area contributed by atoms with E-state index in [1.54, 1.807) is 18.7 Å². The summed E-state index contributed by atoms with van der Waals surface area (Å²) in [7, 11) is 0. The fourth-order valence-corrected chi connectivity index (χ4v) is 3.40. The number of hydrogen-bond acceptors (Lipinski definition) is 4. The predicted octanol–water partition coefficient (Wildman–Crippen LogP) is 2.61. The van der Waals surface area contributed by atoms with Crippen molar-refractivity contribution < 1.29 is 14.6 Å². The van der Waals surface area contributed by atoms with E-state index in [2.05, 4.69) is 0 Å². The van der Waals surface area contributed by atoms with E-state index in [1.807, 2.05) is 27.7 Å². The van der Waals surface area contributed by atoms with Crippen molar-refractivity contribution in [3.8, 4) is 0 Å². The van der Waals surface area contributed by atoms with Gasteiger partial charge in [0, 0.05) is 5.25 Å². The molecular weight excluding hydrogens is 236 g/mol. The Hall–Kier alpha value is -0.220. The summed E-state index contributed by atoms with van der Waals surface area (Å²) in [4.78, 5) is 12.0. The van der Waals surface area contributed by atoms with Gasteiger partial charge in [-0.3, -0.25) is 4.79 Å². The third-order valence-corrected chi connectivity index (χ3v) is 4.74. The summed E-state index contributed by atoms with van der Waals surface area (Å²) in [5.41, 5.74) is -1.42. The molecule has 0 radical (unpaired) electrons. The van der Waals surface area contributed by atoms with Gasteiger partial charge >= 0.3 is 5.97 Å². The third kappa shape index (κ3) is 3.62. The molecule has 1 rings (SSSR count). The van der Waals surface area contributed by atoms with Crippen LogP contribution in [0.5, 0.6) is 0 Å². The summed E-state index contributed by atoms with van der Waals surface area (Å²) in [6, 6.07) is 0. The van der Waals surface area contributed by atoms with Crippen molar-refractivity contribution in [2.75, 3.05) is 5.75 Å². The molecule has 0 aromatic carbocycles. The number of ether oxygens (including phenoxy) is 1. The van der Waals surface area contributed by atoms with E-state index in [0.717, 1.165) is 12.2 Å². The first-order valence-corrected chi connectivity index (χ1v) is 7.28. The van der Waals surface area contributed by atoms with Crippen LogP contribution in [0.3, 0.4) is 0 Å². The summed E-state index contributed by atoms with van der Waals surface area (Å²) in [5.74, 6) is 0.295. The summed E-state index contributed by atoms with van der Waals surface area (Å²) >= 11 is 1.73. The Morgan fingerprint density at radius 1 is 1.53 bits per heavy atom. The van der Waals surface area contributed by atoms with Gasteiger partial charge in [0.2, 0.25) is 0 Å². The van der Waals surface area contributed by atoms with Crippen LogP contribution in [0.2, 0.25) is 0 Å². The minimum absolute atomic E-state index is 0.0822. The smallest absolute Gasteiger partial charge is 0.312 e. The first kappa shape index (κ1) is 14.8. The molecular formula is C13H24O3S. The largest absolute Gasteiger partial charge is 0.460 e. The molecule has 1 aliphatic rings. The maximum Gasteiger partial charge on any atom is 0.312 e. The minimum Gasteiger partial charge on any atom is -0.460 e. The van der Waals surface area contributed by atoms with Crippen molar-refractivity contribution in [1.82, 2.24) is 0 Å². The van der Waals surface area contributed by atoms with E-state index in [4.69, 9.17) is 4.74 Å². The number of rotatable bonds is 2. The van der Waals surface area contributed by atoms with Crippen LogP contribution in [0.25, 0.3) is 0 Å². The molecule has 4 heteroatoms. The molecule has 3 atom stereocenters. The number of thioether (sulfide) groups is 1. The fraction of sp³-hybridized carbons (Fsp3) is 0.923. The maximum absolute atomic E-state index is 12.0. The summed E-state index contributed by atoms with van der Waals surface area (Å²) in [6.45, 7) is 9.31. The van der Waals surface area contributed by atoms with Crippen molar-refractivity contribution in [3.63, 3.8) is 0 Å². The van der Waals surface area contributed by atoms with Crippen molar-refractivity contribution in [1.29, 1.82) is 0 Å². The normalized spacial score (nSPS) is 32.0. The lowest BCUT2D eigenvalue weighted by molar-refractivity contribution is -0.169.